The Morgan fingerprint density at radius 2 is 1.03 bits per heavy atom. The van der Waals surface area contributed by atoms with Crippen LogP contribution in [0.15, 0.2) is 109 Å². The molecule has 5 heteroatoms. The normalized spacial score (nSPS) is 10.2. The molecule has 32 heavy (non-hydrogen) atoms. The third-order valence-corrected chi connectivity index (χ3v) is 4.54. The first-order chi connectivity index (χ1) is 15.7. The first-order valence-electron chi connectivity index (χ1n) is 10.0. The summed E-state index contributed by atoms with van der Waals surface area (Å²) in [4.78, 5) is 24.5. The molecule has 0 aromatic heterocycles. The molecule has 5 nitrogen and oxygen atoms in total. The van der Waals surface area contributed by atoms with Gasteiger partial charge in [-0.2, -0.15) is 0 Å². The first kappa shape index (κ1) is 20.9. The van der Waals surface area contributed by atoms with Gasteiger partial charge in [-0.1, -0.05) is 48.5 Å². The van der Waals surface area contributed by atoms with Crippen molar-refractivity contribution in [2.45, 2.75) is 0 Å². The van der Waals surface area contributed by atoms with E-state index < -0.39 is 5.97 Å². The standard InChI is InChI=1S/C27H20O5/c28-26(19-30-22-15-17-24(18-16-22)31-23-9-5-2-6-10-23)32-25-13-11-21(12-14-25)27(29)20-7-3-1-4-8-20/h1-18H,19H2. The summed E-state index contributed by atoms with van der Waals surface area (Å²) >= 11 is 0. The van der Waals surface area contributed by atoms with Crippen molar-refractivity contribution in [3.63, 3.8) is 0 Å². The van der Waals surface area contributed by atoms with Crippen LogP contribution >= 0.6 is 0 Å². The second-order valence-electron chi connectivity index (χ2n) is 6.87. The van der Waals surface area contributed by atoms with Gasteiger partial charge in [0.1, 0.15) is 23.0 Å². The van der Waals surface area contributed by atoms with Gasteiger partial charge in [0, 0.05) is 11.1 Å². The van der Waals surface area contributed by atoms with Crippen molar-refractivity contribution in [3.05, 3.63) is 120 Å². The fraction of sp³-hybridized carbons (Fsp3) is 0.0370. The topological polar surface area (TPSA) is 61.8 Å². The lowest BCUT2D eigenvalue weighted by molar-refractivity contribution is -0.136. The zero-order valence-electron chi connectivity index (χ0n) is 17.1. The number of ether oxygens (including phenoxy) is 3. The molecule has 0 aliphatic rings. The molecule has 0 saturated carbocycles. The number of hydrogen-bond acceptors (Lipinski definition) is 5. The molecule has 4 aromatic carbocycles. The Hall–Kier alpha value is -4.38. The summed E-state index contributed by atoms with van der Waals surface area (Å²) in [7, 11) is 0. The SMILES string of the molecule is O=C(COc1ccc(Oc2ccccc2)cc1)Oc1ccc(C(=O)c2ccccc2)cc1. The van der Waals surface area contributed by atoms with E-state index in [1.807, 2.05) is 48.5 Å². The van der Waals surface area contributed by atoms with Gasteiger partial charge in [0.15, 0.2) is 12.4 Å². The van der Waals surface area contributed by atoms with E-state index in [9.17, 15) is 9.59 Å². The summed E-state index contributed by atoms with van der Waals surface area (Å²) in [5.74, 6) is 1.63. The number of esters is 1. The number of para-hydroxylation sites is 1. The van der Waals surface area contributed by atoms with Gasteiger partial charge in [0.05, 0.1) is 0 Å². The molecule has 0 radical (unpaired) electrons. The van der Waals surface area contributed by atoms with Crippen molar-refractivity contribution >= 4 is 11.8 Å². The lowest BCUT2D eigenvalue weighted by Crippen LogP contribution is -2.17. The lowest BCUT2D eigenvalue weighted by Gasteiger charge is -2.09. The van der Waals surface area contributed by atoms with Crippen LogP contribution in [0.3, 0.4) is 0 Å². The Kier molecular flexibility index (Phi) is 6.58. The van der Waals surface area contributed by atoms with Gasteiger partial charge in [0.25, 0.3) is 0 Å². The number of ketones is 1. The van der Waals surface area contributed by atoms with Crippen LogP contribution < -0.4 is 14.2 Å². The summed E-state index contributed by atoms with van der Waals surface area (Å²) in [6, 6.07) is 31.8. The molecule has 0 N–H and O–H groups in total. The molecule has 4 rings (SSSR count). The zero-order chi connectivity index (χ0) is 22.2. The van der Waals surface area contributed by atoms with Crippen LogP contribution in [0.25, 0.3) is 0 Å². The van der Waals surface area contributed by atoms with Gasteiger partial charge < -0.3 is 14.2 Å². The van der Waals surface area contributed by atoms with Crippen LogP contribution in [0.5, 0.6) is 23.0 Å². The zero-order valence-corrected chi connectivity index (χ0v) is 17.1. The van der Waals surface area contributed by atoms with Crippen LogP contribution in [0.4, 0.5) is 0 Å². The molecule has 0 unspecified atom stereocenters. The lowest BCUT2D eigenvalue weighted by atomic mass is 10.0. The average molecular weight is 424 g/mol. The minimum Gasteiger partial charge on any atom is -0.482 e. The van der Waals surface area contributed by atoms with Crippen LogP contribution in [-0.4, -0.2) is 18.4 Å². The van der Waals surface area contributed by atoms with Gasteiger partial charge >= 0.3 is 5.97 Å². The monoisotopic (exact) mass is 424 g/mol. The van der Waals surface area contributed by atoms with Crippen molar-refractivity contribution in [3.8, 4) is 23.0 Å². The van der Waals surface area contributed by atoms with E-state index >= 15 is 0 Å². The van der Waals surface area contributed by atoms with Gasteiger partial charge in [-0.25, -0.2) is 4.79 Å². The largest absolute Gasteiger partial charge is 0.482 e. The molecular weight excluding hydrogens is 404 g/mol. The highest BCUT2D eigenvalue weighted by molar-refractivity contribution is 6.09. The number of carbonyl (C=O) groups excluding carboxylic acids is 2. The summed E-state index contributed by atoms with van der Waals surface area (Å²) < 4.78 is 16.5. The summed E-state index contributed by atoms with van der Waals surface area (Å²) in [6.45, 7) is -0.246. The Balaban J connectivity index is 1.27. The second kappa shape index (κ2) is 10.1. The van der Waals surface area contributed by atoms with Crippen molar-refractivity contribution in [1.82, 2.24) is 0 Å². The molecule has 0 amide bonds. The fourth-order valence-corrected chi connectivity index (χ4v) is 2.96. The number of carbonyl (C=O) groups is 2. The predicted molar refractivity (Wildman–Crippen MR) is 120 cm³/mol. The molecular formula is C27H20O5. The highest BCUT2D eigenvalue weighted by Gasteiger charge is 2.10. The van der Waals surface area contributed by atoms with E-state index in [-0.39, 0.29) is 12.4 Å². The first-order valence-corrected chi connectivity index (χ1v) is 10.0. The Morgan fingerprint density at radius 3 is 1.69 bits per heavy atom. The third kappa shape index (κ3) is 5.61. The van der Waals surface area contributed by atoms with E-state index in [2.05, 4.69) is 0 Å². The van der Waals surface area contributed by atoms with Crippen LogP contribution in [0, 0.1) is 0 Å². The van der Waals surface area contributed by atoms with Crippen LogP contribution in [-0.2, 0) is 4.79 Å². The Morgan fingerprint density at radius 1 is 0.531 bits per heavy atom. The van der Waals surface area contributed by atoms with E-state index in [0.717, 1.165) is 5.75 Å². The highest BCUT2D eigenvalue weighted by Crippen LogP contribution is 2.23. The maximum atomic E-state index is 12.4. The van der Waals surface area contributed by atoms with Gasteiger partial charge in [0.2, 0.25) is 0 Å². The smallest absolute Gasteiger partial charge is 0.349 e. The maximum Gasteiger partial charge on any atom is 0.349 e. The number of hydrogen-bond donors (Lipinski definition) is 0. The fourth-order valence-electron chi connectivity index (χ4n) is 2.96. The third-order valence-electron chi connectivity index (χ3n) is 4.54. The molecule has 0 fully saturated rings. The molecule has 0 aliphatic carbocycles. The predicted octanol–water partition coefficient (Wildman–Crippen LogP) is 5.69. The molecule has 0 atom stereocenters. The second-order valence-corrected chi connectivity index (χ2v) is 6.87. The quantitative estimate of drug-likeness (QED) is 0.206. The van der Waals surface area contributed by atoms with Gasteiger partial charge in [-0.05, 0) is 60.7 Å². The van der Waals surface area contributed by atoms with E-state index in [1.165, 1.54) is 0 Å². The molecule has 158 valence electrons. The molecule has 0 spiro atoms. The van der Waals surface area contributed by atoms with Crippen molar-refractivity contribution in [2.24, 2.45) is 0 Å². The summed E-state index contributed by atoms with van der Waals surface area (Å²) in [6.07, 6.45) is 0. The van der Waals surface area contributed by atoms with Gasteiger partial charge in [-0.3, -0.25) is 4.79 Å². The van der Waals surface area contributed by atoms with Crippen LogP contribution in [0.2, 0.25) is 0 Å². The van der Waals surface area contributed by atoms with Crippen LogP contribution in [0.1, 0.15) is 15.9 Å². The minimum absolute atomic E-state index is 0.0912. The average Bonchev–Trinajstić information content (AvgIpc) is 2.85. The maximum absolute atomic E-state index is 12.4. The van der Waals surface area contributed by atoms with Crippen molar-refractivity contribution in [2.75, 3.05) is 6.61 Å². The van der Waals surface area contributed by atoms with Crippen molar-refractivity contribution < 1.29 is 23.8 Å². The van der Waals surface area contributed by atoms with Crippen molar-refractivity contribution in [1.29, 1.82) is 0 Å². The highest BCUT2D eigenvalue weighted by atomic mass is 16.6. The molecule has 4 aromatic rings. The molecule has 0 aliphatic heterocycles. The molecule has 0 saturated heterocycles. The minimum atomic E-state index is -0.545. The molecule has 0 heterocycles. The Labute approximate surface area is 185 Å². The van der Waals surface area contributed by atoms with E-state index in [1.54, 1.807) is 60.7 Å². The van der Waals surface area contributed by atoms with E-state index in [0.29, 0.717) is 28.4 Å². The summed E-state index contributed by atoms with van der Waals surface area (Å²) in [5, 5.41) is 0. The molecule has 0 bridgehead atoms. The van der Waals surface area contributed by atoms with Gasteiger partial charge in [-0.15, -0.1) is 0 Å². The Bertz CT molecular complexity index is 1170. The summed E-state index contributed by atoms with van der Waals surface area (Å²) in [5.41, 5.74) is 1.12. The number of benzene rings is 4. The number of rotatable bonds is 8. The van der Waals surface area contributed by atoms with E-state index in [4.69, 9.17) is 14.2 Å².